The number of carbonyl (C=O) groups is 2. The number of nitrogen functional groups attached to an aromatic ring is 1. The third kappa shape index (κ3) is 3.91. The average molecular weight is 526 g/mol. The molecule has 1 aliphatic rings. The van der Waals surface area contributed by atoms with Gasteiger partial charge in [-0.1, -0.05) is 48.5 Å². The molecule has 2 aromatic heterocycles. The van der Waals surface area contributed by atoms with E-state index in [1.165, 1.54) is 11.3 Å². The molecule has 3 amide bonds. The van der Waals surface area contributed by atoms with Crippen LogP contribution < -0.4 is 21.1 Å². The van der Waals surface area contributed by atoms with Gasteiger partial charge in [-0.3, -0.25) is 10.1 Å². The number of thiazole rings is 1. The Bertz CT molecular complexity index is 1690. The lowest BCUT2D eigenvalue weighted by Crippen LogP contribution is -2.47. The molecular weight excluding hydrogens is 502 g/mol. The number of methoxy groups -OCH3 is 1. The van der Waals surface area contributed by atoms with Gasteiger partial charge in [0.15, 0.2) is 16.6 Å². The van der Waals surface area contributed by atoms with E-state index in [0.717, 1.165) is 27.8 Å². The molecule has 10 heteroatoms. The van der Waals surface area contributed by atoms with Gasteiger partial charge in [0, 0.05) is 27.9 Å². The Kier molecular flexibility index (Phi) is 5.54. The quantitative estimate of drug-likeness (QED) is 0.242. The largest absolute Gasteiger partial charge is 0.497 e. The van der Waals surface area contributed by atoms with Crippen molar-refractivity contribution >= 4 is 39.2 Å². The summed E-state index contributed by atoms with van der Waals surface area (Å²) in [7, 11) is 1.55. The second-order valence-electron chi connectivity index (χ2n) is 9.07. The Balaban J connectivity index is 1.33. The minimum Gasteiger partial charge on any atom is -0.497 e. The maximum absolute atomic E-state index is 13.1. The molecule has 0 spiro atoms. The first-order valence-corrected chi connectivity index (χ1v) is 12.7. The van der Waals surface area contributed by atoms with E-state index in [0.29, 0.717) is 21.8 Å². The van der Waals surface area contributed by atoms with Crippen molar-refractivity contribution in [2.75, 3.05) is 12.8 Å². The summed E-state index contributed by atoms with van der Waals surface area (Å²) in [6, 6.07) is 20.2. The first-order chi connectivity index (χ1) is 18.4. The van der Waals surface area contributed by atoms with Gasteiger partial charge >= 0.3 is 6.03 Å². The summed E-state index contributed by atoms with van der Waals surface area (Å²) >= 11 is 1.40. The predicted molar refractivity (Wildman–Crippen MR) is 146 cm³/mol. The molecule has 5 N–H and O–H groups in total. The van der Waals surface area contributed by atoms with Gasteiger partial charge in [-0.25, -0.2) is 9.78 Å². The van der Waals surface area contributed by atoms with Crippen LogP contribution in [-0.4, -0.2) is 33.7 Å². The highest BCUT2D eigenvalue weighted by molar-refractivity contribution is 7.13. The molecule has 5 aromatic rings. The van der Waals surface area contributed by atoms with Crippen LogP contribution in [0.15, 0.2) is 78.3 Å². The number of urea groups is 1. The number of hydrogen-bond donors (Lipinski definition) is 4. The molecule has 38 heavy (non-hydrogen) atoms. The standard InChI is InChI=1S/C28H23N5O4S/c1-37-21-11-8-19-13-33(24(34)22(19)12-21)15-28(25(35)31-27(36)32-28)20-9-6-17(7-10-20)16-2-4-18(5-3-16)23-14-38-26(29)30-23/h2-14,34H,15H2,1H3,(H2,29,30)(H2,31,32,35,36)/t28-/m0/s1. The van der Waals surface area contributed by atoms with E-state index in [4.69, 9.17) is 10.5 Å². The van der Waals surface area contributed by atoms with Crippen LogP contribution in [0.5, 0.6) is 11.6 Å². The first kappa shape index (κ1) is 23.6. The molecule has 1 atom stereocenters. The van der Waals surface area contributed by atoms with Gasteiger partial charge in [0.1, 0.15) is 5.75 Å². The molecule has 1 aliphatic heterocycles. The molecule has 1 saturated heterocycles. The van der Waals surface area contributed by atoms with Crippen molar-refractivity contribution in [2.24, 2.45) is 0 Å². The fourth-order valence-corrected chi connectivity index (χ4v) is 5.40. The number of aromatic nitrogens is 2. The van der Waals surface area contributed by atoms with Crippen molar-refractivity contribution in [3.63, 3.8) is 0 Å². The molecule has 0 radical (unpaired) electrons. The minimum atomic E-state index is -1.40. The van der Waals surface area contributed by atoms with Crippen LogP contribution >= 0.6 is 11.3 Å². The lowest BCUT2D eigenvalue weighted by molar-refractivity contribution is -0.124. The van der Waals surface area contributed by atoms with Gasteiger partial charge in [-0.15, -0.1) is 11.3 Å². The lowest BCUT2D eigenvalue weighted by atomic mass is 9.88. The average Bonchev–Trinajstić information content (AvgIpc) is 3.59. The third-order valence-corrected chi connectivity index (χ3v) is 7.50. The first-order valence-electron chi connectivity index (χ1n) is 11.8. The van der Waals surface area contributed by atoms with Crippen LogP contribution in [0.25, 0.3) is 33.2 Å². The fraction of sp³-hybridized carbons (Fsp3) is 0.107. The lowest BCUT2D eigenvalue weighted by Gasteiger charge is -2.27. The highest BCUT2D eigenvalue weighted by Crippen LogP contribution is 2.36. The number of imide groups is 1. The van der Waals surface area contributed by atoms with Gasteiger partial charge in [-0.2, -0.15) is 0 Å². The van der Waals surface area contributed by atoms with E-state index in [-0.39, 0.29) is 12.4 Å². The van der Waals surface area contributed by atoms with Crippen LogP contribution in [-0.2, 0) is 16.9 Å². The van der Waals surface area contributed by atoms with E-state index in [1.807, 2.05) is 60.0 Å². The Morgan fingerprint density at radius 2 is 1.71 bits per heavy atom. The smallest absolute Gasteiger partial charge is 0.322 e. The van der Waals surface area contributed by atoms with E-state index >= 15 is 0 Å². The molecule has 0 aliphatic carbocycles. The minimum absolute atomic E-state index is 0.00177. The molecule has 9 nitrogen and oxygen atoms in total. The number of ether oxygens (including phenoxy) is 1. The molecule has 0 bridgehead atoms. The number of nitrogens with one attached hydrogen (secondary N) is 2. The normalized spacial score (nSPS) is 17.0. The number of fused-ring (bicyclic) bond motifs is 1. The van der Waals surface area contributed by atoms with Crippen molar-refractivity contribution in [1.29, 1.82) is 0 Å². The zero-order valence-corrected chi connectivity index (χ0v) is 21.1. The fourth-order valence-electron chi connectivity index (χ4n) is 4.83. The number of benzene rings is 3. The van der Waals surface area contributed by atoms with Gasteiger partial charge in [0.05, 0.1) is 19.3 Å². The molecule has 190 valence electrons. The van der Waals surface area contributed by atoms with Crippen LogP contribution in [0.1, 0.15) is 5.56 Å². The van der Waals surface area contributed by atoms with Crippen molar-refractivity contribution in [3.8, 4) is 34.0 Å². The van der Waals surface area contributed by atoms with Gasteiger partial charge in [0.2, 0.25) is 0 Å². The Morgan fingerprint density at radius 1 is 1.03 bits per heavy atom. The van der Waals surface area contributed by atoms with E-state index in [9.17, 15) is 14.7 Å². The summed E-state index contributed by atoms with van der Waals surface area (Å²) in [5, 5.41) is 19.9. The van der Waals surface area contributed by atoms with Crippen LogP contribution in [0.3, 0.4) is 0 Å². The number of aromatic hydroxyl groups is 1. The van der Waals surface area contributed by atoms with Crippen LogP contribution in [0.4, 0.5) is 9.93 Å². The van der Waals surface area contributed by atoms with Crippen molar-refractivity contribution in [3.05, 3.63) is 83.9 Å². The molecule has 0 unspecified atom stereocenters. The summed E-state index contributed by atoms with van der Waals surface area (Å²) in [5.74, 6) is 0.0918. The number of nitrogens with zero attached hydrogens (tertiary/aromatic N) is 2. The SMILES string of the molecule is COc1ccc2cn(C[C@@]3(c4ccc(-c5ccc(-c6csc(N)n6)cc5)cc4)NC(=O)NC3=O)c(O)c2c1. The van der Waals surface area contributed by atoms with Crippen molar-refractivity contribution in [2.45, 2.75) is 12.1 Å². The molecule has 1 fully saturated rings. The Hall–Kier alpha value is -4.83. The number of hydrogen-bond acceptors (Lipinski definition) is 7. The van der Waals surface area contributed by atoms with E-state index in [2.05, 4.69) is 15.6 Å². The van der Waals surface area contributed by atoms with Gasteiger partial charge < -0.3 is 25.5 Å². The summed E-state index contributed by atoms with van der Waals surface area (Å²) in [6.45, 7) is -0.00177. The van der Waals surface area contributed by atoms with Crippen molar-refractivity contribution in [1.82, 2.24) is 20.2 Å². The third-order valence-electron chi connectivity index (χ3n) is 6.83. The second-order valence-corrected chi connectivity index (χ2v) is 9.96. The van der Waals surface area contributed by atoms with Gasteiger partial charge in [-0.05, 0) is 34.9 Å². The summed E-state index contributed by atoms with van der Waals surface area (Å²) in [4.78, 5) is 29.7. The predicted octanol–water partition coefficient (Wildman–Crippen LogP) is 4.46. The number of amides is 3. The summed E-state index contributed by atoms with van der Waals surface area (Å²) in [5.41, 5.74) is 8.68. The topological polar surface area (TPSA) is 131 Å². The number of nitrogens with two attached hydrogens (primary N) is 1. The molecule has 0 saturated carbocycles. The summed E-state index contributed by atoms with van der Waals surface area (Å²) in [6.07, 6.45) is 1.75. The van der Waals surface area contributed by atoms with Gasteiger partial charge in [0.25, 0.3) is 5.91 Å². The van der Waals surface area contributed by atoms with E-state index < -0.39 is 17.5 Å². The maximum Gasteiger partial charge on any atom is 0.322 e. The monoisotopic (exact) mass is 525 g/mol. The highest BCUT2D eigenvalue weighted by atomic mass is 32.1. The van der Waals surface area contributed by atoms with Crippen LogP contribution in [0.2, 0.25) is 0 Å². The second kappa shape index (κ2) is 8.93. The van der Waals surface area contributed by atoms with Crippen molar-refractivity contribution < 1.29 is 19.4 Å². The molecule has 6 rings (SSSR count). The van der Waals surface area contributed by atoms with E-state index in [1.54, 1.807) is 30.0 Å². The maximum atomic E-state index is 13.1. The Labute approximate surface area is 221 Å². The number of rotatable bonds is 6. The molecule has 3 heterocycles. The number of anilines is 1. The Morgan fingerprint density at radius 3 is 2.32 bits per heavy atom. The zero-order chi connectivity index (χ0) is 26.4. The molecular formula is C28H23N5O4S. The highest BCUT2D eigenvalue weighted by Gasteiger charge is 2.48. The summed E-state index contributed by atoms with van der Waals surface area (Å²) < 4.78 is 6.83. The zero-order valence-electron chi connectivity index (χ0n) is 20.3. The van der Waals surface area contributed by atoms with Crippen LogP contribution in [0, 0.1) is 0 Å². The molecule has 3 aromatic carbocycles. The number of carbonyl (C=O) groups excluding carboxylic acids is 2.